The summed E-state index contributed by atoms with van der Waals surface area (Å²) < 4.78 is 64.7. The van der Waals surface area contributed by atoms with Gasteiger partial charge in [-0.2, -0.15) is 13.2 Å². The van der Waals surface area contributed by atoms with Gasteiger partial charge in [-0.3, -0.25) is 4.79 Å². The summed E-state index contributed by atoms with van der Waals surface area (Å²) in [4.78, 5) is 12.8. The van der Waals surface area contributed by atoms with Crippen molar-refractivity contribution < 1.29 is 26.4 Å². The highest BCUT2D eigenvalue weighted by atomic mass is 35.5. The maximum absolute atomic E-state index is 13.0. The number of hydrogen-bond acceptors (Lipinski definition) is 4. The predicted octanol–water partition coefficient (Wildman–Crippen LogP) is 5.04. The van der Waals surface area contributed by atoms with Crippen molar-refractivity contribution in [2.75, 3.05) is 19.4 Å². The molecule has 5 nitrogen and oxygen atoms in total. The molecular formula is C19H20ClF3N2O3S2. The number of rotatable bonds is 6. The largest absolute Gasteiger partial charge is 0.417 e. The molecule has 0 saturated heterocycles. The van der Waals surface area contributed by atoms with Gasteiger partial charge in [0.2, 0.25) is 15.9 Å². The quantitative estimate of drug-likeness (QED) is 0.588. The molecule has 0 heterocycles. The molecule has 11 heteroatoms. The molecule has 30 heavy (non-hydrogen) atoms. The van der Waals surface area contributed by atoms with Gasteiger partial charge in [-0.1, -0.05) is 17.7 Å². The van der Waals surface area contributed by atoms with Crippen LogP contribution in [0, 0.1) is 6.92 Å². The molecule has 0 aliphatic carbocycles. The number of aryl methyl sites for hydroxylation is 1. The normalized spacial score (nSPS) is 13.4. The lowest BCUT2D eigenvalue weighted by molar-refractivity contribution is -0.137. The van der Waals surface area contributed by atoms with E-state index in [-0.39, 0.29) is 9.79 Å². The first-order chi connectivity index (χ1) is 13.7. The monoisotopic (exact) mass is 480 g/mol. The lowest BCUT2D eigenvalue weighted by Crippen LogP contribution is -2.24. The average molecular weight is 481 g/mol. The highest BCUT2D eigenvalue weighted by molar-refractivity contribution is 8.00. The zero-order valence-electron chi connectivity index (χ0n) is 16.5. The summed E-state index contributed by atoms with van der Waals surface area (Å²) in [6, 6.07) is 7.79. The van der Waals surface area contributed by atoms with Gasteiger partial charge in [0.1, 0.15) is 0 Å². The highest BCUT2D eigenvalue weighted by Gasteiger charge is 2.33. The van der Waals surface area contributed by atoms with Crippen LogP contribution in [0.2, 0.25) is 5.02 Å². The van der Waals surface area contributed by atoms with Gasteiger partial charge >= 0.3 is 6.18 Å². The second kappa shape index (κ2) is 9.17. The van der Waals surface area contributed by atoms with E-state index in [9.17, 15) is 26.4 Å². The Balaban J connectivity index is 2.21. The van der Waals surface area contributed by atoms with Crippen LogP contribution < -0.4 is 5.32 Å². The molecular weight excluding hydrogens is 461 g/mol. The third-order valence-electron chi connectivity index (χ3n) is 4.17. The Morgan fingerprint density at radius 2 is 1.80 bits per heavy atom. The topological polar surface area (TPSA) is 66.5 Å². The number of carbonyl (C=O) groups excluding carboxylic acids is 1. The van der Waals surface area contributed by atoms with Crippen LogP contribution >= 0.6 is 23.4 Å². The van der Waals surface area contributed by atoms with Gasteiger partial charge in [0, 0.05) is 24.7 Å². The number of nitrogens with zero attached hydrogens (tertiary/aromatic N) is 1. The fourth-order valence-electron chi connectivity index (χ4n) is 2.39. The molecule has 0 spiro atoms. The average Bonchev–Trinajstić information content (AvgIpc) is 2.63. The smallest absolute Gasteiger partial charge is 0.325 e. The van der Waals surface area contributed by atoms with Crippen LogP contribution in [0.4, 0.5) is 18.9 Å². The number of anilines is 1. The lowest BCUT2D eigenvalue weighted by Gasteiger charge is -2.17. The van der Waals surface area contributed by atoms with Crippen molar-refractivity contribution in [2.24, 2.45) is 0 Å². The number of alkyl halides is 3. The van der Waals surface area contributed by atoms with E-state index in [1.807, 2.05) is 0 Å². The van der Waals surface area contributed by atoms with Gasteiger partial charge < -0.3 is 5.32 Å². The van der Waals surface area contributed by atoms with Crippen molar-refractivity contribution in [3.05, 3.63) is 52.5 Å². The van der Waals surface area contributed by atoms with Crippen LogP contribution in [0.1, 0.15) is 18.1 Å². The van der Waals surface area contributed by atoms with E-state index >= 15 is 0 Å². The molecule has 1 amide bonds. The third-order valence-corrected chi connectivity index (χ3v) is 7.41. The summed E-state index contributed by atoms with van der Waals surface area (Å²) in [5, 5.41) is 1.48. The molecule has 2 aromatic rings. The Morgan fingerprint density at radius 1 is 1.17 bits per heavy atom. The standard InChI is InChI=1S/C19H20ClF3N2O3S2/c1-11-5-7-14(30(27,28)25(3)4)10-17(11)24-18(26)12(2)29-13-6-8-16(20)15(9-13)19(21,22)23/h5-10,12H,1-4H3,(H,24,26)/t12-/m1/s1. The molecule has 1 atom stereocenters. The maximum atomic E-state index is 13.0. The number of benzene rings is 2. The number of thioether (sulfide) groups is 1. The molecule has 0 aliphatic rings. The van der Waals surface area contributed by atoms with E-state index in [0.717, 1.165) is 28.2 Å². The zero-order valence-corrected chi connectivity index (χ0v) is 18.9. The van der Waals surface area contributed by atoms with Gasteiger partial charge in [0.15, 0.2) is 0 Å². The molecule has 0 aromatic heterocycles. The van der Waals surface area contributed by atoms with Crippen molar-refractivity contribution in [3.63, 3.8) is 0 Å². The molecule has 2 rings (SSSR count). The maximum Gasteiger partial charge on any atom is 0.417 e. The van der Waals surface area contributed by atoms with E-state index in [2.05, 4.69) is 5.32 Å². The first kappa shape index (κ1) is 24.5. The lowest BCUT2D eigenvalue weighted by atomic mass is 10.2. The van der Waals surface area contributed by atoms with Crippen LogP contribution in [0.25, 0.3) is 0 Å². The fraction of sp³-hybridized carbons (Fsp3) is 0.316. The van der Waals surface area contributed by atoms with Crippen molar-refractivity contribution in [1.29, 1.82) is 0 Å². The van der Waals surface area contributed by atoms with E-state index < -0.39 is 37.9 Å². The molecule has 0 radical (unpaired) electrons. The predicted molar refractivity (Wildman–Crippen MR) is 112 cm³/mol. The minimum absolute atomic E-state index is 0.0150. The summed E-state index contributed by atoms with van der Waals surface area (Å²) in [6.45, 7) is 3.24. The Kier molecular flexibility index (Phi) is 7.49. The minimum atomic E-state index is -4.60. The second-order valence-electron chi connectivity index (χ2n) is 6.65. The molecule has 0 bridgehead atoms. The van der Waals surface area contributed by atoms with Crippen molar-refractivity contribution >= 4 is 45.0 Å². The van der Waals surface area contributed by atoms with Crippen LogP contribution in [0.3, 0.4) is 0 Å². The molecule has 0 fully saturated rings. The third kappa shape index (κ3) is 5.69. The summed E-state index contributed by atoms with van der Waals surface area (Å²) >= 11 is 6.55. The molecule has 2 aromatic carbocycles. The summed E-state index contributed by atoms with van der Waals surface area (Å²) in [7, 11) is -0.893. The summed E-state index contributed by atoms with van der Waals surface area (Å²) in [5.74, 6) is -0.481. The summed E-state index contributed by atoms with van der Waals surface area (Å²) in [6.07, 6.45) is -4.60. The van der Waals surface area contributed by atoms with Gasteiger partial charge in [-0.25, -0.2) is 12.7 Å². The number of hydrogen-bond donors (Lipinski definition) is 1. The van der Waals surface area contributed by atoms with Crippen LogP contribution in [-0.4, -0.2) is 38.0 Å². The number of sulfonamides is 1. The minimum Gasteiger partial charge on any atom is -0.325 e. The van der Waals surface area contributed by atoms with E-state index in [4.69, 9.17) is 11.6 Å². The Bertz CT molecular complexity index is 1060. The van der Waals surface area contributed by atoms with E-state index in [1.54, 1.807) is 13.0 Å². The Hall–Kier alpha value is -1.75. The van der Waals surface area contributed by atoms with Gasteiger partial charge in [0.25, 0.3) is 0 Å². The number of amides is 1. The molecule has 0 saturated carbocycles. The number of halogens is 4. The van der Waals surface area contributed by atoms with Gasteiger partial charge in [-0.05, 0) is 49.7 Å². The van der Waals surface area contributed by atoms with Gasteiger partial charge in [-0.15, -0.1) is 11.8 Å². The van der Waals surface area contributed by atoms with Crippen molar-refractivity contribution in [3.8, 4) is 0 Å². The SMILES string of the molecule is Cc1ccc(S(=O)(=O)N(C)C)cc1NC(=O)[C@@H](C)Sc1ccc(Cl)c(C(F)(F)F)c1. The van der Waals surface area contributed by atoms with Crippen LogP contribution in [-0.2, 0) is 21.0 Å². The Morgan fingerprint density at radius 3 is 2.37 bits per heavy atom. The first-order valence-electron chi connectivity index (χ1n) is 8.61. The fourth-order valence-corrected chi connectivity index (χ4v) is 4.45. The summed E-state index contributed by atoms with van der Waals surface area (Å²) in [5.41, 5.74) is -0.0224. The highest BCUT2D eigenvalue weighted by Crippen LogP contribution is 2.38. The molecule has 0 aliphatic heterocycles. The first-order valence-corrected chi connectivity index (χ1v) is 11.3. The van der Waals surface area contributed by atoms with Crippen LogP contribution in [0.15, 0.2) is 46.2 Å². The van der Waals surface area contributed by atoms with E-state index in [1.165, 1.54) is 39.2 Å². The molecule has 164 valence electrons. The number of carbonyl (C=O) groups is 1. The van der Waals surface area contributed by atoms with E-state index in [0.29, 0.717) is 11.3 Å². The number of nitrogens with one attached hydrogen (secondary N) is 1. The Labute approximate surface area is 182 Å². The van der Waals surface area contributed by atoms with Crippen molar-refractivity contribution in [2.45, 2.75) is 35.1 Å². The van der Waals surface area contributed by atoms with Crippen LogP contribution in [0.5, 0.6) is 0 Å². The molecule has 0 unspecified atom stereocenters. The zero-order chi connectivity index (χ0) is 22.9. The second-order valence-corrected chi connectivity index (χ2v) is 10.6. The van der Waals surface area contributed by atoms with Gasteiger partial charge in [0.05, 0.1) is 20.7 Å². The van der Waals surface area contributed by atoms with Crippen molar-refractivity contribution in [1.82, 2.24) is 4.31 Å². The molecule has 1 N–H and O–H groups in total.